The fourth-order valence-electron chi connectivity index (χ4n) is 5.28. The molecule has 0 aliphatic heterocycles. The summed E-state index contributed by atoms with van der Waals surface area (Å²) in [6.07, 6.45) is 15.2. The summed E-state index contributed by atoms with van der Waals surface area (Å²) in [5.41, 5.74) is 9.75. The highest BCUT2D eigenvalue weighted by Gasteiger charge is 2.33. The number of unbranched alkanes of at least 4 members (excludes halogenated alkanes) is 4. The minimum atomic E-state index is -4.51. The van der Waals surface area contributed by atoms with Crippen LogP contribution in [0.4, 0.5) is 0 Å². The van der Waals surface area contributed by atoms with Gasteiger partial charge in [-0.3, -0.25) is 0 Å². The Bertz CT molecular complexity index is 1260. The molecule has 0 bridgehead atoms. The Morgan fingerprint density at radius 2 is 1.31 bits per heavy atom. The molecule has 0 amide bonds. The number of aryl methyl sites for hydroxylation is 1. The minimum Gasteiger partial charge on any atom is -0.744 e. The topological polar surface area (TPSA) is 105 Å². The molecular weight excluding hydrogens is 506 g/mol. The van der Waals surface area contributed by atoms with Crippen molar-refractivity contribution in [3.63, 3.8) is 0 Å². The molecule has 6 heteroatoms. The standard InChI is InChI=1S/C23H41N.C10H8O4S/c1-5-9-14-20-15-13-17-22(21(20)16-10-6-2)23(24,18-11-7-3)19-12-8-4;11-9-5-6-10(15(12,13)14)8-4-2-1-3-7(8)9/h13,15,17H,5-12,14,16,18-19,24H2,1-4H3;1-6,11H,(H,12,13,14). The van der Waals surface area contributed by atoms with Crippen LogP contribution in [0.5, 0.6) is 5.75 Å². The molecule has 0 saturated carbocycles. The van der Waals surface area contributed by atoms with Crippen LogP contribution in [0, 0.1) is 0 Å². The Morgan fingerprint density at radius 1 is 0.744 bits per heavy atom. The van der Waals surface area contributed by atoms with Gasteiger partial charge in [0, 0.05) is 29.2 Å². The van der Waals surface area contributed by atoms with Crippen LogP contribution >= 0.6 is 0 Å². The van der Waals surface area contributed by atoms with Gasteiger partial charge in [-0.15, -0.1) is 0 Å². The van der Waals surface area contributed by atoms with Crippen LogP contribution in [0.3, 0.4) is 0 Å². The largest absolute Gasteiger partial charge is 0.744 e. The van der Waals surface area contributed by atoms with Gasteiger partial charge in [0.15, 0.2) is 0 Å². The number of hydrogen-bond donors (Lipinski definition) is 2. The second-order valence-electron chi connectivity index (χ2n) is 10.7. The highest BCUT2D eigenvalue weighted by atomic mass is 32.2. The first kappa shape index (κ1) is 32.8. The van der Waals surface area contributed by atoms with E-state index in [0.717, 1.165) is 6.07 Å². The number of aromatic hydroxyl groups is 1. The average Bonchev–Trinajstić information content (AvgIpc) is 2.92. The molecular formula is C33H49NO4S. The van der Waals surface area contributed by atoms with Gasteiger partial charge in [0.1, 0.15) is 21.4 Å². The molecule has 3 rings (SSSR count). The van der Waals surface area contributed by atoms with Crippen molar-refractivity contribution in [1.82, 2.24) is 0 Å². The van der Waals surface area contributed by atoms with Gasteiger partial charge < -0.3 is 15.4 Å². The maximum Gasteiger partial charge on any atom is 0.125 e. The monoisotopic (exact) mass is 555 g/mol. The fourth-order valence-corrected chi connectivity index (χ4v) is 5.96. The van der Waals surface area contributed by atoms with E-state index < -0.39 is 10.1 Å². The number of fused-ring (bicyclic) bond motifs is 1. The van der Waals surface area contributed by atoms with Crippen LogP contribution in [-0.4, -0.2) is 18.1 Å². The average molecular weight is 556 g/mol. The van der Waals surface area contributed by atoms with Crippen LogP contribution in [-0.2, 0) is 28.5 Å². The van der Waals surface area contributed by atoms with Gasteiger partial charge in [0.25, 0.3) is 0 Å². The van der Waals surface area contributed by atoms with Gasteiger partial charge in [-0.05, 0) is 61.8 Å². The molecule has 216 valence electrons. The van der Waals surface area contributed by atoms with Crippen molar-refractivity contribution >= 4 is 20.9 Å². The predicted octanol–water partition coefficient (Wildman–Crippen LogP) is 7.64. The maximum absolute atomic E-state index is 10.9. The molecule has 0 saturated heterocycles. The Hall–Kier alpha value is -2.41. The molecule has 0 fully saturated rings. The van der Waals surface area contributed by atoms with E-state index in [1.54, 1.807) is 34.9 Å². The zero-order chi connectivity index (χ0) is 28.9. The lowest BCUT2D eigenvalue weighted by molar-refractivity contribution is -0.492. The molecule has 39 heavy (non-hydrogen) atoms. The first-order valence-corrected chi connectivity index (χ1v) is 16.2. The van der Waals surface area contributed by atoms with Gasteiger partial charge in [0.05, 0.1) is 4.90 Å². The minimum absolute atomic E-state index is 0.0435. The third-order valence-corrected chi connectivity index (χ3v) is 8.47. The smallest absolute Gasteiger partial charge is 0.125 e. The lowest BCUT2D eigenvalue weighted by Gasteiger charge is -2.30. The van der Waals surface area contributed by atoms with E-state index in [1.807, 2.05) is 0 Å². The SMILES string of the molecule is CCCCc1cccc(C([NH3+])(CCCC)CCCC)c1CCCC.O=S(=O)([O-])c1ccc(O)c2ccccc12. The van der Waals surface area contributed by atoms with Crippen LogP contribution in [0.15, 0.2) is 59.5 Å². The molecule has 4 N–H and O–H groups in total. The summed E-state index contributed by atoms with van der Waals surface area (Å²) < 4.78 is 32.8. The van der Waals surface area contributed by atoms with E-state index in [2.05, 4.69) is 45.9 Å². The van der Waals surface area contributed by atoms with Gasteiger partial charge >= 0.3 is 0 Å². The normalized spacial score (nSPS) is 11.8. The zero-order valence-corrected chi connectivity index (χ0v) is 25.3. The molecule has 0 aliphatic rings. The van der Waals surface area contributed by atoms with Crippen molar-refractivity contribution in [1.29, 1.82) is 0 Å². The van der Waals surface area contributed by atoms with Gasteiger partial charge in [-0.1, -0.05) is 95.8 Å². The number of rotatable bonds is 14. The van der Waals surface area contributed by atoms with E-state index >= 15 is 0 Å². The molecule has 0 atom stereocenters. The van der Waals surface area contributed by atoms with Gasteiger partial charge in [-0.25, -0.2) is 8.42 Å². The zero-order valence-electron chi connectivity index (χ0n) is 24.5. The lowest BCUT2D eigenvalue weighted by Crippen LogP contribution is -2.70. The Morgan fingerprint density at radius 3 is 1.87 bits per heavy atom. The highest BCUT2D eigenvalue weighted by molar-refractivity contribution is 7.86. The highest BCUT2D eigenvalue weighted by Crippen LogP contribution is 2.34. The number of hydrogen-bond acceptors (Lipinski definition) is 4. The molecule has 0 aromatic heterocycles. The number of phenols is 1. The molecule has 5 nitrogen and oxygen atoms in total. The van der Waals surface area contributed by atoms with Crippen molar-refractivity contribution in [2.75, 3.05) is 0 Å². The maximum atomic E-state index is 10.9. The van der Waals surface area contributed by atoms with E-state index in [4.69, 9.17) is 5.73 Å². The Balaban J connectivity index is 0.000000302. The van der Waals surface area contributed by atoms with E-state index in [-0.39, 0.29) is 21.6 Å². The first-order valence-electron chi connectivity index (χ1n) is 14.8. The molecule has 0 aliphatic carbocycles. The van der Waals surface area contributed by atoms with Gasteiger partial charge in [-0.2, -0.15) is 0 Å². The molecule has 3 aromatic rings. The second kappa shape index (κ2) is 16.0. The molecule has 3 aromatic carbocycles. The summed E-state index contributed by atoms with van der Waals surface area (Å²) in [6, 6.07) is 15.7. The number of quaternary nitrogens is 1. The summed E-state index contributed by atoms with van der Waals surface area (Å²) in [5.74, 6) is -0.0435. The van der Waals surface area contributed by atoms with Crippen molar-refractivity contribution in [2.24, 2.45) is 0 Å². The summed E-state index contributed by atoms with van der Waals surface area (Å²) in [6.45, 7) is 9.20. The van der Waals surface area contributed by atoms with E-state index in [1.165, 1.54) is 89.2 Å². The molecule has 0 unspecified atom stereocenters. The fraction of sp³-hybridized carbons (Fsp3) is 0.515. The van der Waals surface area contributed by atoms with Crippen molar-refractivity contribution in [2.45, 2.75) is 115 Å². The summed E-state index contributed by atoms with van der Waals surface area (Å²) in [4.78, 5) is -0.309. The predicted molar refractivity (Wildman–Crippen MR) is 161 cm³/mol. The summed E-state index contributed by atoms with van der Waals surface area (Å²) >= 11 is 0. The third kappa shape index (κ3) is 9.33. The summed E-state index contributed by atoms with van der Waals surface area (Å²) in [7, 11) is -4.51. The van der Waals surface area contributed by atoms with Crippen LogP contribution in [0.2, 0.25) is 0 Å². The van der Waals surface area contributed by atoms with Crippen molar-refractivity contribution in [3.05, 3.63) is 71.3 Å². The molecule has 0 heterocycles. The second-order valence-corrected chi connectivity index (χ2v) is 12.1. The lowest BCUT2D eigenvalue weighted by atomic mass is 9.77. The summed E-state index contributed by atoms with van der Waals surface area (Å²) in [5, 5.41) is 10.1. The Kier molecular flexibility index (Phi) is 13.5. The molecule has 0 spiro atoms. The van der Waals surface area contributed by atoms with Crippen LogP contribution in [0.25, 0.3) is 10.8 Å². The quantitative estimate of drug-likeness (QED) is 0.199. The van der Waals surface area contributed by atoms with E-state index in [9.17, 15) is 18.1 Å². The molecule has 0 radical (unpaired) electrons. The van der Waals surface area contributed by atoms with Gasteiger partial charge in [0.2, 0.25) is 0 Å². The third-order valence-electron chi connectivity index (χ3n) is 7.57. The van der Waals surface area contributed by atoms with Crippen molar-refractivity contribution < 1.29 is 23.8 Å². The van der Waals surface area contributed by atoms with Crippen molar-refractivity contribution in [3.8, 4) is 5.75 Å². The number of phenolic OH excluding ortho intramolecular Hbond substituents is 1. The van der Waals surface area contributed by atoms with E-state index in [0.29, 0.717) is 5.39 Å². The first-order chi connectivity index (χ1) is 18.6. The Labute approximate surface area is 236 Å². The van der Waals surface area contributed by atoms with Crippen LogP contribution in [0.1, 0.15) is 109 Å². The number of benzene rings is 3. The van der Waals surface area contributed by atoms with Crippen LogP contribution < -0.4 is 5.73 Å².